The molecule has 0 bridgehead atoms. The van der Waals surface area contributed by atoms with E-state index in [-0.39, 0.29) is 17.9 Å². The van der Waals surface area contributed by atoms with Crippen molar-refractivity contribution >= 4 is 5.97 Å². The van der Waals surface area contributed by atoms with E-state index in [0.29, 0.717) is 0 Å². The minimum absolute atomic E-state index is 0.119. The molecule has 60 valence electrons. The van der Waals surface area contributed by atoms with Crippen LogP contribution in [0, 0.1) is 11.3 Å². The fourth-order valence-corrected chi connectivity index (χ4v) is 0.498. The van der Waals surface area contributed by atoms with Crippen LogP contribution in [0.3, 0.4) is 0 Å². The van der Waals surface area contributed by atoms with E-state index in [0.717, 1.165) is 0 Å². The summed E-state index contributed by atoms with van der Waals surface area (Å²) in [6.45, 7) is 3.39. The number of nitrogens with two attached hydrogens (primary N) is 1. The second kappa shape index (κ2) is 4.34. The van der Waals surface area contributed by atoms with Crippen LogP contribution in [0.1, 0.15) is 13.8 Å². The van der Waals surface area contributed by atoms with Crippen molar-refractivity contribution < 1.29 is 9.53 Å². The predicted octanol–water partition coefficient (Wildman–Crippen LogP) is 0.306. The van der Waals surface area contributed by atoms with E-state index in [1.54, 1.807) is 13.0 Å². The third kappa shape index (κ3) is 2.72. The second-order valence-corrected chi connectivity index (χ2v) is 1.89. The summed E-state index contributed by atoms with van der Waals surface area (Å²) in [5.41, 5.74) is 5.30. The molecule has 0 aromatic heterocycles. The van der Waals surface area contributed by atoms with Crippen molar-refractivity contribution in [2.24, 2.45) is 5.73 Å². The molecule has 0 saturated heterocycles. The lowest BCUT2D eigenvalue weighted by Gasteiger charge is -1.99. The van der Waals surface area contributed by atoms with Gasteiger partial charge in [0.2, 0.25) is 0 Å². The SMILES string of the molecule is CCOC(=O)C(C#N)=C(C)N. The van der Waals surface area contributed by atoms with Gasteiger partial charge in [-0.05, 0) is 13.8 Å². The summed E-state index contributed by atoms with van der Waals surface area (Å²) in [5.74, 6) is -0.657. The average molecular weight is 154 g/mol. The van der Waals surface area contributed by atoms with E-state index in [4.69, 9.17) is 11.0 Å². The number of esters is 1. The van der Waals surface area contributed by atoms with E-state index < -0.39 is 5.97 Å². The Morgan fingerprint density at radius 2 is 2.27 bits per heavy atom. The summed E-state index contributed by atoms with van der Waals surface area (Å²) in [6, 6.07) is 1.67. The largest absolute Gasteiger partial charge is 0.462 e. The van der Waals surface area contributed by atoms with Gasteiger partial charge in [0, 0.05) is 5.70 Å². The number of hydrogen-bond acceptors (Lipinski definition) is 4. The highest BCUT2D eigenvalue weighted by atomic mass is 16.5. The number of carbonyl (C=O) groups is 1. The number of hydrogen-bond donors (Lipinski definition) is 1. The minimum Gasteiger partial charge on any atom is -0.462 e. The standard InChI is InChI=1S/C7H10N2O2/c1-3-11-7(10)6(4-8)5(2)9/h3,9H2,1-2H3. The molecule has 4 heteroatoms. The van der Waals surface area contributed by atoms with Crippen LogP contribution in [0.4, 0.5) is 0 Å². The maximum atomic E-state index is 10.8. The normalized spacial score (nSPS) is 11.4. The first-order chi connectivity index (χ1) is 5.13. The molecule has 2 N–H and O–H groups in total. The smallest absolute Gasteiger partial charge is 0.350 e. The summed E-state index contributed by atoms with van der Waals surface area (Å²) < 4.78 is 4.56. The van der Waals surface area contributed by atoms with Crippen LogP contribution in [0.25, 0.3) is 0 Å². The number of rotatable bonds is 2. The minimum atomic E-state index is -0.657. The molecular formula is C7H10N2O2. The maximum absolute atomic E-state index is 10.8. The Balaban J connectivity index is 4.45. The molecule has 0 amide bonds. The van der Waals surface area contributed by atoms with Crippen molar-refractivity contribution in [3.63, 3.8) is 0 Å². The number of nitriles is 1. The van der Waals surface area contributed by atoms with Gasteiger partial charge in [0.25, 0.3) is 0 Å². The second-order valence-electron chi connectivity index (χ2n) is 1.89. The van der Waals surface area contributed by atoms with Gasteiger partial charge in [-0.15, -0.1) is 0 Å². The van der Waals surface area contributed by atoms with Crippen LogP contribution in [-0.2, 0) is 9.53 Å². The molecule has 0 fully saturated rings. The Morgan fingerprint density at radius 1 is 1.73 bits per heavy atom. The molecule has 0 aliphatic heterocycles. The number of carbonyl (C=O) groups excluding carboxylic acids is 1. The molecule has 0 heterocycles. The van der Waals surface area contributed by atoms with Crippen LogP contribution in [-0.4, -0.2) is 12.6 Å². The fraction of sp³-hybridized carbons (Fsp3) is 0.429. The maximum Gasteiger partial charge on any atom is 0.350 e. The molecule has 0 aliphatic carbocycles. The highest BCUT2D eigenvalue weighted by Gasteiger charge is 2.10. The first-order valence-corrected chi connectivity index (χ1v) is 3.17. The van der Waals surface area contributed by atoms with Gasteiger partial charge in [0.05, 0.1) is 6.61 Å². The molecular weight excluding hydrogens is 144 g/mol. The molecule has 0 atom stereocenters. The Labute approximate surface area is 65.2 Å². The quantitative estimate of drug-likeness (QED) is 0.352. The van der Waals surface area contributed by atoms with Crippen molar-refractivity contribution in [3.8, 4) is 6.07 Å². The third-order valence-corrected chi connectivity index (χ3v) is 0.986. The Hall–Kier alpha value is -1.50. The molecule has 0 radical (unpaired) electrons. The van der Waals surface area contributed by atoms with Crippen LogP contribution >= 0.6 is 0 Å². The monoisotopic (exact) mass is 154 g/mol. The Kier molecular flexibility index (Phi) is 3.75. The first-order valence-electron chi connectivity index (χ1n) is 3.17. The predicted molar refractivity (Wildman–Crippen MR) is 39.1 cm³/mol. The number of allylic oxidation sites excluding steroid dienone is 1. The van der Waals surface area contributed by atoms with Gasteiger partial charge in [-0.3, -0.25) is 0 Å². The number of ether oxygens (including phenoxy) is 1. The van der Waals surface area contributed by atoms with Crippen LogP contribution in [0.2, 0.25) is 0 Å². The molecule has 4 nitrogen and oxygen atoms in total. The third-order valence-electron chi connectivity index (χ3n) is 0.986. The Morgan fingerprint density at radius 3 is 2.55 bits per heavy atom. The summed E-state index contributed by atoms with van der Waals surface area (Å²) in [7, 11) is 0. The average Bonchev–Trinajstić information content (AvgIpc) is 1.88. The topological polar surface area (TPSA) is 76.1 Å². The summed E-state index contributed by atoms with van der Waals surface area (Å²) in [6.07, 6.45) is 0. The van der Waals surface area contributed by atoms with E-state index in [1.165, 1.54) is 6.92 Å². The zero-order chi connectivity index (χ0) is 8.85. The van der Waals surface area contributed by atoms with Gasteiger partial charge in [-0.1, -0.05) is 0 Å². The van der Waals surface area contributed by atoms with Crippen LogP contribution in [0.15, 0.2) is 11.3 Å². The van der Waals surface area contributed by atoms with Gasteiger partial charge < -0.3 is 10.5 Å². The van der Waals surface area contributed by atoms with Gasteiger partial charge >= 0.3 is 5.97 Å². The molecule has 0 aromatic carbocycles. The summed E-state index contributed by atoms with van der Waals surface area (Å²) in [5, 5.41) is 8.40. The highest BCUT2D eigenvalue weighted by molar-refractivity contribution is 5.93. The van der Waals surface area contributed by atoms with Gasteiger partial charge in [0.1, 0.15) is 6.07 Å². The van der Waals surface area contributed by atoms with Crippen LogP contribution in [0.5, 0.6) is 0 Å². The molecule has 0 aliphatic rings. The molecule has 0 spiro atoms. The summed E-state index contributed by atoms with van der Waals surface area (Å²) in [4.78, 5) is 10.8. The zero-order valence-corrected chi connectivity index (χ0v) is 6.55. The van der Waals surface area contributed by atoms with Gasteiger partial charge in [-0.2, -0.15) is 5.26 Å². The van der Waals surface area contributed by atoms with Crippen molar-refractivity contribution in [2.45, 2.75) is 13.8 Å². The lowest BCUT2D eigenvalue weighted by atomic mass is 10.2. The van der Waals surface area contributed by atoms with Crippen molar-refractivity contribution in [3.05, 3.63) is 11.3 Å². The van der Waals surface area contributed by atoms with E-state index in [1.807, 2.05) is 0 Å². The van der Waals surface area contributed by atoms with Crippen molar-refractivity contribution in [1.29, 1.82) is 5.26 Å². The summed E-state index contributed by atoms with van der Waals surface area (Å²) >= 11 is 0. The Bertz CT molecular complexity index is 221. The zero-order valence-electron chi connectivity index (χ0n) is 6.55. The lowest BCUT2D eigenvalue weighted by molar-refractivity contribution is -0.138. The fourth-order valence-electron chi connectivity index (χ4n) is 0.498. The highest BCUT2D eigenvalue weighted by Crippen LogP contribution is 1.99. The van der Waals surface area contributed by atoms with Gasteiger partial charge in [0.15, 0.2) is 5.57 Å². The lowest BCUT2D eigenvalue weighted by Crippen LogP contribution is -2.11. The van der Waals surface area contributed by atoms with Crippen LogP contribution < -0.4 is 5.73 Å². The molecule has 0 unspecified atom stereocenters. The molecule has 11 heavy (non-hydrogen) atoms. The first kappa shape index (κ1) is 9.50. The van der Waals surface area contributed by atoms with E-state index in [2.05, 4.69) is 4.74 Å². The van der Waals surface area contributed by atoms with Crippen molar-refractivity contribution in [1.82, 2.24) is 0 Å². The number of nitrogens with zero attached hydrogens (tertiary/aromatic N) is 1. The van der Waals surface area contributed by atoms with E-state index in [9.17, 15) is 4.79 Å². The van der Waals surface area contributed by atoms with Crippen molar-refractivity contribution in [2.75, 3.05) is 6.61 Å². The molecule has 0 rings (SSSR count). The molecule has 0 saturated carbocycles. The van der Waals surface area contributed by atoms with E-state index >= 15 is 0 Å². The molecule has 0 aromatic rings. The van der Waals surface area contributed by atoms with Gasteiger partial charge in [-0.25, -0.2) is 4.79 Å².